The monoisotopic (exact) mass is 656 g/mol. The highest BCUT2D eigenvalue weighted by atomic mass is 19.4. The van der Waals surface area contributed by atoms with Gasteiger partial charge in [-0.05, 0) is 55.8 Å². The Morgan fingerprint density at radius 3 is 2.49 bits per heavy atom. The van der Waals surface area contributed by atoms with E-state index in [1.807, 2.05) is 0 Å². The summed E-state index contributed by atoms with van der Waals surface area (Å²) in [6, 6.07) is 7.81. The molecule has 0 bridgehead atoms. The Morgan fingerprint density at radius 1 is 1.15 bits per heavy atom. The van der Waals surface area contributed by atoms with Gasteiger partial charge in [0.1, 0.15) is 29.6 Å². The van der Waals surface area contributed by atoms with Crippen molar-refractivity contribution in [2.75, 3.05) is 26.7 Å². The van der Waals surface area contributed by atoms with Crippen molar-refractivity contribution in [1.29, 1.82) is 5.26 Å². The van der Waals surface area contributed by atoms with E-state index >= 15 is 4.39 Å². The topological polar surface area (TPSA) is 127 Å². The number of aromatic nitrogens is 3. The number of imide groups is 1. The molecule has 4 amide bonds. The Bertz CT molecular complexity index is 1810. The number of pyridine rings is 1. The van der Waals surface area contributed by atoms with Gasteiger partial charge in [-0.1, -0.05) is 12.1 Å². The minimum atomic E-state index is -4.89. The van der Waals surface area contributed by atoms with Gasteiger partial charge in [0, 0.05) is 31.3 Å². The van der Waals surface area contributed by atoms with Crippen LogP contribution >= 0.6 is 0 Å². The number of nitrogens with one attached hydrogen (secondary N) is 1. The van der Waals surface area contributed by atoms with Gasteiger partial charge in [0.15, 0.2) is 5.54 Å². The number of halogens is 5. The second-order valence-corrected chi connectivity index (χ2v) is 12.7. The smallest absolute Gasteiger partial charge is 0.319 e. The van der Waals surface area contributed by atoms with Gasteiger partial charge in [0.25, 0.3) is 5.91 Å². The number of nitriles is 1. The number of benzene rings is 1. The van der Waals surface area contributed by atoms with E-state index in [1.165, 1.54) is 35.0 Å². The number of hydrogen-bond acceptors (Lipinski definition) is 7. The first-order chi connectivity index (χ1) is 22.0. The quantitative estimate of drug-likeness (QED) is 0.303. The summed E-state index contributed by atoms with van der Waals surface area (Å²) in [5, 5.41) is 16.1. The number of hydrogen-bond donors (Lipinski definition) is 1. The molecule has 6 rings (SSSR count). The van der Waals surface area contributed by atoms with Gasteiger partial charge in [0.2, 0.25) is 5.91 Å². The third-order valence-electron chi connectivity index (χ3n) is 9.08. The van der Waals surface area contributed by atoms with Crippen molar-refractivity contribution in [1.82, 2.24) is 34.8 Å². The molecule has 1 aromatic carbocycles. The lowest BCUT2D eigenvalue weighted by molar-refractivity contribution is -0.268. The van der Waals surface area contributed by atoms with Crippen molar-refractivity contribution in [2.45, 2.75) is 55.8 Å². The zero-order valence-corrected chi connectivity index (χ0v) is 25.5. The molecule has 0 unspecified atom stereocenters. The number of alkyl halides is 4. The number of amides is 4. The standard InChI is InChI=1S/C31H29F5N8O3/c1-28(2,15-37)44-12-19(10-39-44)18-4-7-23-22(8-18)24(33)9-30(23)26(46)42(27(47)40-30)14-25(45)43(13-21-6-5-20(32)11-38-21)29(31(34,35)36)16-41(3)17-29/h4-8,10-12,24H,9,13-14,16-17H2,1-3H3,(H,40,47)/t24-,30+/m1/s1. The van der Waals surface area contributed by atoms with E-state index in [0.29, 0.717) is 20.9 Å². The molecule has 3 aromatic rings. The van der Waals surface area contributed by atoms with Crippen LogP contribution in [0.15, 0.2) is 48.9 Å². The van der Waals surface area contributed by atoms with Crippen LogP contribution in [0, 0.1) is 17.1 Å². The molecule has 246 valence electrons. The summed E-state index contributed by atoms with van der Waals surface area (Å²) < 4.78 is 74.1. The van der Waals surface area contributed by atoms with Crippen molar-refractivity contribution >= 4 is 17.8 Å². The predicted molar refractivity (Wildman–Crippen MR) is 154 cm³/mol. The predicted octanol–water partition coefficient (Wildman–Crippen LogP) is 3.78. The lowest BCUT2D eigenvalue weighted by atomic mass is 9.86. The Hall–Kier alpha value is -4.91. The molecule has 1 aliphatic carbocycles. The van der Waals surface area contributed by atoms with E-state index in [4.69, 9.17) is 0 Å². The number of fused-ring (bicyclic) bond motifs is 2. The van der Waals surface area contributed by atoms with Crippen LogP contribution in [0.3, 0.4) is 0 Å². The average molecular weight is 657 g/mol. The zero-order valence-electron chi connectivity index (χ0n) is 25.5. The van der Waals surface area contributed by atoms with E-state index < -0.39 is 85.2 Å². The van der Waals surface area contributed by atoms with Gasteiger partial charge in [-0.15, -0.1) is 0 Å². The maximum absolute atomic E-state index is 15.6. The summed E-state index contributed by atoms with van der Waals surface area (Å²) >= 11 is 0. The fourth-order valence-electron chi connectivity index (χ4n) is 6.51. The minimum absolute atomic E-state index is 0.0332. The van der Waals surface area contributed by atoms with Crippen LogP contribution in [0.25, 0.3) is 11.1 Å². The lowest BCUT2D eigenvalue weighted by Gasteiger charge is -2.55. The largest absolute Gasteiger partial charge is 0.414 e. The normalized spacial score (nSPS) is 22.2. The summed E-state index contributed by atoms with van der Waals surface area (Å²) in [5.41, 5.74) is -4.10. The molecule has 0 radical (unpaired) electrons. The second-order valence-electron chi connectivity index (χ2n) is 12.7. The number of carbonyl (C=O) groups excluding carboxylic acids is 3. The van der Waals surface area contributed by atoms with Crippen LogP contribution in [0.4, 0.5) is 26.7 Å². The highest BCUT2D eigenvalue weighted by Crippen LogP contribution is 2.50. The summed E-state index contributed by atoms with van der Waals surface area (Å²) in [6.07, 6.45) is -3.13. The number of nitrogens with zero attached hydrogens (tertiary/aromatic N) is 7. The zero-order chi connectivity index (χ0) is 34.1. The minimum Gasteiger partial charge on any atom is -0.319 e. The van der Waals surface area contributed by atoms with Crippen molar-refractivity contribution in [2.24, 2.45) is 0 Å². The molecule has 4 heterocycles. The van der Waals surface area contributed by atoms with Crippen LogP contribution in [-0.2, 0) is 27.2 Å². The number of rotatable bonds is 7. The maximum atomic E-state index is 15.6. The highest BCUT2D eigenvalue weighted by Gasteiger charge is 2.66. The summed E-state index contributed by atoms with van der Waals surface area (Å²) in [4.78, 5) is 46.9. The van der Waals surface area contributed by atoms with Gasteiger partial charge in [-0.25, -0.2) is 13.6 Å². The van der Waals surface area contributed by atoms with Crippen LogP contribution in [0.5, 0.6) is 0 Å². The molecule has 2 aromatic heterocycles. The summed E-state index contributed by atoms with van der Waals surface area (Å²) in [5.74, 6) is -2.89. The molecule has 11 nitrogen and oxygen atoms in total. The number of carbonyl (C=O) groups is 3. The molecular formula is C31H29F5N8O3. The average Bonchev–Trinajstić information content (AvgIpc) is 3.67. The molecule has 1 N–H and O–H groups in total. The van der Waals surface area contributed by atoms with Crippen LogP contribution in [0.2, 0.25) is 0 Å². The first-order valence-electron chi connectivity index (χ1n) is 14.6. The first kappa shape index (κ1) is 32.0. The van der Waals surface area contributed by atoms with Crippen molar-refractivity contribution in [3.63, 3.8) is 0 Å². The SMILES string of the molecule is CN1CC(N(Cc2ccc(F)cn2)C(=O)CN2C(=O)N[C@]3(C[C@@H](F)c4cc(-c5cnn(C(C)(C)C#N)c5)ccc43)C2=O)(C(F)(F)F)C1. The van der Waals surface area contributed by atoms with Gasteiger partial charge < -0.3 is 15.1 Å². The third-order valence-corrected chi connectivity index (χ3v) is 9.08. The molecule has 2 aliphatic heterocycles. The highest BCUT2D eigenvalue weighted by molar-refractivity contribution is 6.10. The molecule has 3 aliphatic rings. The van der Waals surface area contributed by atoms with E-state index in [2.05, 4.69) is 21.5 Å². The van der Waals surface area contributed by atoms with Gasteiger partial charge in [-0.3, -0.25) is 24.2 Å². The van der Waals surface area contributed by atoms with Crippen molar-refractivity contribution in [3.05, 3.63) is 71.6 Å². The van der Waals surface area contributed by atoms with Crippen LogP contribution in [0.1, 0.15) is 43.3 Å². The Balaban J connectivity index is 1.29. The molecule has 1 spiro atoms. The summed E-state index contributed by atoms with van der Waals surface area (Å²) in [6.45, 7) is 0.491. The fraction of sp³-hybridized carbons (Fsp3) is 0.419. The number of likely N-dealkylation sites (tertiary alicyclic amines) is 1. The molecule has 2 saturated heterocycles. The van der Waals surface area contributed by atoms with Gasteiger partial charge in [-0.2, -0.15) is 23.5 Å². The van der Waals surface area contributed by atoms with E-state index in [0.717, 1.165) is 18.3 Å². The molecule has 47 heavy (non-hydrogen) atoms. The van der Waals surface area contributed by atoms with Crippen LogP contribution < -0.4 is 5.32 Å². The van der Waals surface area contributed by atoms with Gasteiger partial charge in [0.05, 0.1) is 30.7 Å². The number of likely N-dealkylation sites (N-methyl/N-ethyl adjacent to an activating group) is 1. The Kier molecular flexibility index (Phi) is 7.38. The van der Waals surface area contributed by atoms with E-state index in [9.17, 15) is 37.2 Å². The molecule has 2 fully saturated rings. The lowest BCUT2D eigenvalue weighted by Crippen LogP contribution is -2.77. The summed E-state index contributed by atoms with van der Waals surface area (Å²) in [7, 11) is 1.44. The first-order valence-corrected chi connectivity index (χ1v) is 14.6. The number of urea groups is 1. The Labute approximate surface area is 265 Å². The maximum Gasteiger partial charge on any atom is 0.414 e. The van der Waals surface area contributed by atoms with Gasteiger partial charge >= 0.3 is 12.2 Å². The molecule has 0 saturated carbocycles. The molecule has 16 heteroatoms. The van der Waals surface area contributed by atoms with Crippen LogP contribution in [-0.4, -0.2) is 85.7 Å². The third kappa shape index (κ3) is 5.09. The molecular weight excluding hydrogens is 627 g/mol. The van der Waals surface area contributed by atoms with E-state index in [-0.39, 0.29) is 16.8 Å². The van der Waals surface area contributed by atoms with E-state index in [1.54, 1.807) is 26.1 Å². The second kappa shape index (κ2) is 10.8. The fourth-order valence-corrected chi connectivity index (χ4v) is 6.51. The van der Waals surface area contributed by atoms with Crippen molar-refractivity contribution < 1.29 is 36.3 Å². The Morgan fingerprint density at radius 2 is 1.87 bits per heavy atom. The molecule has 2 atom stereocenters. The van der Waals surface area contributed by atoms with Crippen molar-refractivity contribution in [3.8, 4) is 17.2 Å².